The van der Waals surface area contributed by atoms with Crippen molar-refractivity contribution in [1.29, 1.82) is 0 Å². The number of rotatable bonds is 4. The van der Waals surface area contributed by atoms with Crippen molar-refractivity contribution in [2.75, 3.05) is 24.6 Å². The summed E-state index contributed by atoms with van der Waals surface area (Å²) in [5.41, 5.74) is 12.9. The maximum Gasteiger partial charge on any atom is 0.281 e. The second-order valence-electron chi connectivity index (χ2n) is 8.15. The lowest BCUT2D eigenvalue weighted by molar-refractivity contribution is -0.122. The standard InChI is InChI=1S/C25H25Cl2FN4OS/c26-18-6-9-22(21(27)13-18)30-24-17(12-16-4-7-19(28)8-5-16)14-34-15-20(24)23(29)25(33)31-32-10-2-1-3-11-32/h4-9,12-13H,1-3,10-11,14-15,29H2,(H,31,33)/b17-12+,23-20?,30-24?. The van der Waals surface area contributed by atoms with Crippen molar-refractivity contribution in [3.8, 4) is 0 Å². The minimum Gasteiger partial charge on any atom is -0.394 e. The maximum atomic E-state index is 13.4. The largest absolute Gasteiger partial charge is 0.394 e. The minimum absolute atomic E-state index is 0.131. The lowest BCUT2D eigenvalue weighted by Gasteiger charge is -2.28. The summed E-state index contributed by atoms with van der Waals surface area (Å²) in [4.78, 5) is 17.8. The van der Waals surface area contributed by atoms with Crippen molar-refractivity contribution in [3.63, 3.8) is 0 Å². The van der Waals surface area contributed by atoms with Gasteiger partial charge in [0.15, 0.2) is 0 Å². The highest BCUT2D eigenvalue weighted by atomic mass is 35.5. The third-order valence-corrected chi connectivity index (χ3v) is 7.18. The van der Waals surface area contributed by atoms with Crippen molar-refractivity contribution >= 4 is 58.3 Å². The zero-order valence-electron chi connectivity index (χ0n) is 18.5. The molecule has 0 spiro atoms. The van der Waals surface area contributed by atoms with Crippen molar-refractivity contribution in [3.05, 3.63) is 80.7 Å². The summed E-state index contributed by atoms with van der Waals surface area (Å²) in [5.74, 6) is 0.548. The van der Waals surface area contributed by atoms with E-state index >= 15 is 0 Å². The Bertz CT molecular complexity index is 1160. The first-order chi connectivity index (χ1) is 16.4. The van der Waals surface area contributed by atoms with E-state index < -0.39 is 0 Å². The van der Waals surface area contributed by atoms with E-state index in [0.717, 1.165) is 43.5 Å². The lowest BCUT2D eigenvalue weighted by Crippen LogP contribution is -2.47. The summed E-state index contributed by atoms with van der Waals surface area (Å²) in [6, 6.07) is 11.3. The van der Waals surface area contributed by atoms with Gasteiger partial charge >= 0.3 is 0 Å². The zero-order valence-corrected chi connectivity index (χ0v) is 20.8. The molecular weight excluding hydrogens is 494 g/mol. The molecule has 2 aliphatic heterocycles. The number of nitrogens with one attached hydrogen (secondary N) is 1. The van der Waals surface area contributed by atoms with Gasteiger partial charge in [0.05, 0.1) is 16.4 Å². The molecule has 2 aliphatic rings. The summed E-state index contributed by atoms with van der Waals surface area (Å²) < 4.78 is 13.4. The van der Waals surface area contributed by atoms with Crippen LogP contribution in [0.3, 0.4) is 0 Å². The Kier molecular flexibility index (Phi) is 8.32. The first-order valence-corrected chi connectivity index (χ1v) is 12.9. The van der Waals surface area contributed by atoms with Gasteiger partial charge in [-0.1, -0.05) is 41.8 Å². The number of carbonyl (C=O) groups is 1. The Morgan fingerprint density at radius 1 is 1.09 bits per heavy atom. The average molecular weight is 519 g/mol. The van der Waals surface area contributed by atoms with Crippen LogP contribution in [0, 0.1) is 5.82 Å². The van der Waals surface area contributed by atoms with Gasteiger partial charge in [0, 0.05) is 35.2 Å². The highest BCUT2D eigenvalue weighted by molar-refractivity contribution is 7.99. The molecule has 4 rings (SSSR count). The second-order valence-corrected chi connectivity index (χ2v) is 9.98. The normalized spacial score (nSPS) is 21.0. The number of carbonyl (C=O) groups excluding carboxylic acids is 1. The van der Waals surface area contributed by atoms with Crippen molar-refractivity contribution in [2.24, 2.45) is 10.7 Å². The predicted molar refractivity (Wildman–Crippen MR) is 140 cm³/mol. The number of aliphatic imine (C=N–C) groups is 1. The lowest BCUT2D eigenvalue weighted by atomic mass is 9.99. The molecule has 2 aromatic rings. The van der Waals surface area contributed by atoms with Gasteiger partial charge in [-0.05, 0) is 60.4 Å². The fourth-order valence-electron chi connectivity index (χ4n) is 3.85. The van der Waals surface area contributed by atoms with E-state index in [9.17, 15) is 9.18 Å². The Morgan fingerprint density at radius 3 is 2.53 bits per heavy atom. The number of nitrogens with zero attached hydrogens (tertiary/aromatic N) is 2. The number of hydrogen-bond donors (Lipinski definition) is 2. The molecule has 2 aromatic carbocycles. The van der Waals surface area contributed by atoms with Gasteiger partial charge in [-0.25, -0.2) is 14.4 Å². The molecule has 2 saturated heterocycles. The van der Waals surface area contributed by atoms with Crippen LogP contribution in [-0.2, 0) is 4.79 Å². The van der Waals surface area contributed by atoms with Crippen LogP contribution in [0.15, 0.2) is 64.3 Å². The van der Waals surface area contributed by atoms with Gasteiger partial charge in [-0.15, -0.1) is 0 Å². The monoisotopic (exact) mass is 518 g/mol. The first kappa shape index (κ1) is 24.8. The summed E-state index contributed by atoms with van der Waals surface area (Å²) in [5, 5.41) is 2.82. The Balaban J connectivity index is 1.75. The van der Waals surface area contributed by atoms with Crippen LogP contribution in [0.1, 0.15) is 24.8 Å². The van der Waals surface area contributed by atoms with Crippen molar-refractivity contribution < 1.29 is 9.18 Å². The van der Waals surface area contributed by atoms with Gasteiger partial charge in [0.1, 0.15) is 11.5 Å². The van der Waals surface area contributed by atoms with Gasteiger partial charge < -0.3 is 5.73 Å². The summed E-state index contributed by atoms with van der Waals surface area (Å²) in [6.07, 6.45) is 5.18. The molecule has 0 bridgehead atoms. The topological polar surface area (TPSA) is 70.7 Å². The summed E-state index contributed by atoms with van der Waals surface area (Å²) in [6.45, 7) is 1.61. The van der Waals surface area contributed by atoms with Gasteiger partial charge in [0.2, 0.25) is 0 Å². The second kappa shape index (κ2) is 11.4. The molecule has 9 heteroatoms. The maximum absolute atomic E-state index is 13.4. The third-order valence-electron chi connectivity index (χ3n) is 5.63. The van der Waals surface area contributed by atoms with Crippen LogP contribution in [0.4, 0.5) is 10.1 Å². The highest BCUT2D eigenvalue weighted by Gasteiger charge is 2.26. The molecule has 3 N–H and O–H groups in total. The molecule has 5 nitrogen and oxygen atoms in total. The van der Waals surface area contributed by atoms with E-state index in [1.54, 1.807) is 42.1 Å². The zero-order chi connectivity index (χ0) is 24.1. The molecule has 0 radical (unpaired) electrons. The molecule has 2 heterocycles. The van der Waals surface area contributed by atoms with Crippen molar-refractivity contribution in [1.82, 2.24) is 10.4 Å². The quantitative estimate of drug-likeness (QED) is 0.504. The Morgan fingerprint density at radius 2 is 1.82 bits per heavy atom. The number of halogens is 3. The molecular formula is C25H25Cl2FN4OS. The highest BCUT2D eigenvalue weighted by Crippen LogP contribution is 2.33. The number of thioether (sulfide) groups is 1. The Labute approximate surface area is 212 Å². The third kappa shape index (κ3) is 6.21. The van der Waals surface area contributed by atoms with Gasteiger partial charge in [-0.3, -0.25) is 10.2 Å². The predicted octanol–water partition coefficient (Wildman–Crippen LogP) is 5.77. The smallest absolute Gasteiger partial charge is 0.281 e. The van der Waals surface area contributed by atoms with E-state index in [2.05, 4.69) is 5.43 Å². The van der Waals surface area contributed by atoms with E-state index in [-0.39, 0.29) is 17.4 Å². The number of benzene rings is 2. The van der Waals surface area contributed by atoms with Gasteiger partial charge in [-0.2, -0.15) is 11.8 Å². The molecule has 2 fully saturated rings. The fraction of sp³-hybridized carbons (Fsp3) is 0.280. The molecule has 178 valence electrons. The number of hydrazine groups is 1. The molecule has 0 aliphatic carbocycles. The fourth-order valence-corrected chi connectivity index (χ4v) is 5.34. The molecule has 0 atom stereocenters. The van der Waals surface area contributed by atoms with Crippen LogP contribution in [0.2, 0.25) is 10.0 Å². The first-order valence-electron chi connectivity index (χ1n) is 11.0. The van der Waals surface area contributed by atoms with E-state index in [4.69, 9.17) is 33.9 Å². The number of amides is 1. The van der Waals surface area contributed by atoms with Crippen LogP contribution in [0.5, 0.6) is 0 Å². The number of piperidine rings is 1. The molecule has 1 amide bonds. The SMILES string of the molecule is NC(C(=O)NN1CCCCC1)=C1CSC/C(=C\c2ccc(F)cc2)C1=Nc1ccc(Cl)cc1Cl. The molecule has 0 unspecified atom stereocenters. The van der Waals surface area contributed by atoms with E-state index in [0.29, 0.717) is 38.5 Å². The minimum atomic E-state index is -0.338. The molecule has 0 saturated carbocycles. The number of hydrogen-bond acceptors (Lipinski definition) is 5. The van der Waals surface area contributed by atoms with E-state index in [1.807, 2.05) is 11.1 Å². The van der Waals surface area contributed by atoms with Crippen LogP contribution < -0.4 is 11.2 Å². The summed E-state index contributed by atoms with van der Waals surface area (Å²) >= 11 is 14.1. The molecule has 34 heavy (non-hydrogen) atoms. The van der Waals surface area contributed by atoms with Crippen LogP contribution in [-0.4, -0.2) is 41.2 Å². The summed E-state index contributed by atoms with van der Waals surface area (Å²) in [7, 11) is 0. The number of nitrogens with two attached hydrogens (primary N) is 1. The van der Waals surface area contributed by atoms with Crippen LogP contribution in [0.25, 0.3) is 6.08 Å². The average Bonchev–Trinajstić information content (AvgIpc) is 2.83. The van der Waals surface area contributed by atoms with Crippen molar-refractivity contribution in [2.45, 2.75) is 19.3 Å². The molecule has 0 aromatic heterocycles. The van der Waals surface area contributed by atoms with Gasteiger partial charge in [0.25, 0.3) is 5.91 Å². The Hall–Kier alpha value is -2.32. The van der Waals surface area contributed by atoms with Crippen LogP contribution >= 0.6 is 35.0 Å². The van der Waals surface area contributed by atoms with E-state index in [1.165, 1.54) is 12.1 Å².